The largest absolute Gasteiger partial charge is 0 e. The Morgan fingerprint density at radius 1 is 1.25 bits per heavy atom. The molecule has 4 heavy (non-hydrogen) atoms. The second-order valence-electron chi connectivity index (χ2n) is 0. The van der Waals surface area contributed by atoms with Crippen molar-refractivity contribution in [3.05, 3.63) is 0 Å². The molecule has 26 valence electrons. The summed E-state index contributed by atoms with van der Waals surface area (Å²) in [4.78, 5) is 0. The first-order chi connectivity index (χ1) is 1.00. The van der Waals surface area contributed by atoms with Crippen LogP contribution in [0, 0.1) is 38.6 Å². The van der Waals surface area contributed by atoms with Crippen molar-refractivity contribution in [2.24, 2.45) is 0 Å². The van der Waals surface area contributed by atoms with Gasteiger partial charge < -0.3 is 0 Å². The molecule has 0 bridgehead atoms. The van der Waals surface area contributed by atoms with Gasteiger partial charge in [-0.2, -0.15) is 0 Å². The van der Waals surface area contributed by atoms with Crippen molar-refractivity contribution in [2.45, 2.75) is 0 Å². The SMILES string of the molecule is [Bi].[O]=[W].[Tb]. The van der Waals surface area contributed by atoms with E-state index in [1.54, 1.807) is 0 Å². The van der Waals surface area contributed by atoms with Crippen LogP contribution in [0.25, 0.3) is 0 Å². The van der Waals surface area contributed by atoms with E-state index in [9.17, 15) is 0 Å². The maximum atomic E-state index is 8.33. The molecule has 0 aromatic carbocycles. The minimum atomic E-state index is 0. The number of hydrogen-bond donors (Lipinski definition) is 0. The minimum absolute atomic E-state index is 0. The van der Waals surface area contributed by atoms with Crippen molar-refractivity contribution in [2.75, 3.05) is 0 Å². The fraction of sp³-hybridized carbons (Fsp3) is 0. The van der Waals surface area contributed by atoms with Crippen molar-refractivity contribution in [1.29, 1.82) is 0 Å². The molecule has 0 saturated heterocycles. The van der Waals surface area contributed by atoms with Crippen LogP contribution in [0.15, 0.2) is 0 Å². The fourth-order valence-corrected chi connectivity index (χ4v) is 0. The Bertz CT molecular complexity index is 8.00. The molecule has 0 N–H and O–H groups in total. The van der Waals surface area contributed by atoms with E-state index < -0.39 is 0 Å². The Kier molecular flexibility index (Phi) is 69.2. The normalized spacial score (nSPS) is 1.00. The van der Waals surface area contributed by atoms with Gasteiger partial charge in [-0.15, -0.1) is 0 Å². The molecule has 0 atom stereocenters. The van der Waals surface area contributed by atoms with Gasteiger partial charge in [-0.25, -0.2) is 0 Å². The summed E-state index contributed by atoms with van der Waals surface area (Å²) in [5.41, 5.74) is 0. The first-order valence-corrected chi connectivity index (χ1v) is 1.36. The molecule has 0 aliphatic rings. The van der Waals surface area contributed by atoms with Crippen molar-refractivity contribution in [3.63, 3.8) is 0 Å². The summed E-state index contributed by atoms with van der Waals surface area (Å²) in [6.45, 7) is 0. The van der Waals surface area contributed by atoms with Crippen LogP contribution in [0.4, 0.5) is 0 Å². The molecule has 0 unspecified atom stereocenters. The first-order valence-electron chi connectivity index (χ1n) is 0.167. The third-order valence-electron chi connectivity index (χ3n) is 0. The van der Waals surface area contributed by atoms with E-state index in [4.69, 9.17) is 3.40 Å². The van der Waals surface area contributed by atoms with E-state index in [1.165, 1.54) is 0 Å². The Balaban J connectivity index is -0.00000000500. The van der Waals surface area contributed by atoms with Crippen LogP contribution in [-0.4, -0.2) is 26.2 Å². The average molecular weight is 568 g/mol. The maximum Gasteiger partial charge on any atom is 0 e. The Morgan fingerprint density at radius 3 is 1.25 bits per heavy atom. The van der Waals surface area contributed by atoms with Crippen LogP contribution in [0.1, 0.15) is 0 Å². The minimum Gasteiger partial charge on any atom is 0 e. The topological polar surface area (TPSA) is 17.1 Å². The van der Waals surface area contributed by atoms with Crippen molar-refractivity contribution in [1.82, 2.24) is 0 Å². The molecule has 0 heterocycles. The molecule has 0 amide bonds. The average Bonchev–Trinajstić information content (AvgIpc) is 1.00. The van der Waals surface area contributed by atoms with Gasteiger partial charge in [0.25, 0.3) is 0 Å². The van der Waals surface area contributed by atoms with Gasteiger partial charge in [-0.05, 0) is 0 Å². The van der Waals surface area contributed by atoms with E-state index in [2.05, 4.69) is 0 Å². The molecule has 4 heteroatoms. The van der Waals surface area contributed by atoms with E-state index in [1.807, 2.05) is 0 Å². The first kappa shape index (κ1) is 15.9. The summed E-state index contributed by atoms with van der Waals surface area (Å²) in [5, 5.41) is 0. The molecule has 0 aliphatic carbocycles. The van der Waals surface area contributed by atoms with Gasteiger partial charge in [-0.1, -0.05) is 0 Å². The van der Waals surface area contributed by atoms with Gasteiger partial charge in [-0.3, -0.25) is 0 Å². The van der Waals surface area contributed by atoms with Crippen molar-refractivity contribution >= 4 is 26.2 Å². The third kappa shape index (κ3) is 8.82. The van der Waals surface area contributed by atoms with Crippen molar-refractivity contribution < 1.29 is 61.8 Å². The summed E-state index contributed by atoms with van der Waals surface area (Å²) in [7, 11) is 0. The number of rotatable bonds is 0. The van der Waals surface area contributed by atoms with E-state index >= 15 is 0 Å². The summed E-state index contributed by atoms with van der Waals surface area (Å²) >= 11 is 0.333. The summed E-state index contributed by atoms with van der Waals surface area (Å²) in [6.07, 6.45) is 0. The quantitative estimate of drug-likeness (QED) is 0.361. The Morgan fingerprint density at radius 2 is 1.25 bits per heavy atom. The number of hydrogen-bond acceptors (Lipinski definition) is 1. The standard InChI is InChI=1S/Bi.O.Tb.W. The molecule has 0 aromatic rings. The monoisotopic (exact) mass is 568 g/mol. The second kappa shape index (κ2) is 17.4. The molecule has 0 aromatic heterocycles. The zero-order valence-electron chi connectivity index (χ0n) is 1.60. The van der Waals surface area contributed by atoms with Gasteiger partial charge in [0.1, 0.15) is 0 Å². The van der Waals surface area contributed by atoms with Gasteiger partial charge in [0.15, 0.2) is 0 Å². The summed E-state index contributed by atoms with van der Waals surface area (Å²) < 4.78 is 8.33. The summed E-state index contributed by atoms with van der Waals surface area (Å²) in [6, 6.07) is 0. The van der Waals surface area contributed by atoms with E-state index in [0.29, 0.717) is 19.8 Å². The third-order valence-corrected chi connectivity index (χ3v) is 0. The predicted octanol–water partition coefficient (Wildman–Crippen LogP) is -0.502. The molecule has 1 nitrogen and oxygen atoms in total. The zero-order valence-corrected chi connectivity index (χ0v) is 10.1. The van der Waals surface area contributed by atoms with Crippen molar-refractivity contribution in [3.8, 4) is 0 Å². The molecular weight excluding hydrogens is 568 g/mol. The molecule has 4 radical (unpaired) electrons. The van der Waals surface area contributed by atoms with Crippen LogP contribution in [0.2, 0.25) is 0 Å². The fourth-order valence-electron chi connectivity index (χ4n) is 0. The van der Waals surface area contributed by atoms with Crippen LogP contribution in [-0.2, 0) is 23.2 Å². The molecule has 0 saturated carbocycles. The van der Waals surface area contributed by atoms with Gasteiger partial charge in [0, 0.05) is 64.8 Å². The van der Waals surface area contributed by atoms with Crippen LogP contribution in [0.3, 0.4) is 0 Å². The molecule has 0 spiro atoms. The van der Waals surface area contributed by atoms with E-state index in [0.717, 1.165) is 0 Å². The maximum absolute atomic E-state index is 8.33. The van der Waals surface area contributed by atoms with Gasteiger partial charge >= 0.3 is 23.2 Å². The smallest absolute Gasteiger partial charge is 0 e. The van der Waals surface area contributed by atoms with E-state index in [-0.39, 0.29) is 64.8 Å². The van der Waals surface area contributed by atoms with Crippen LogP contribution >= 0.6 is 0 Å². The van der Waals surface area contributed by atoms with Crippen LogP contribution in [0.5, 0.6) is 0 Å². The Hall–Kier alpha value is 2.66. The molecule has 0 fully saturated rings. The molecule has 0 rings (SSSR count). The molecular formula is BiOTbW. The second-order valence-corrected chi connectivity index (χ2v) is 0. The zero-order chi connectivity index (χ0) is 2.00. The van der Waals surface area contributed by atoms with Gasteiger partial charge in [0.05, 0.1) is 0 Å². The Labute approximate surface area is 86.1 Å². The molecule has 0 aliphatic heterocycles. The predicted molar refractivity (Wildman–Crippen MR) is 6.44 cm³/mol. The summed E-state index contributed by atoms with van der Waals surface area (Å²) in [5.74, 6) is 0. The van der Waals surface area contributed by atoms with Crippen LogP contribution < -0.4 is 0 Å². The van der Waals surface area contributed by atoms with Gasteiger partial charge in [0.2, 0.25) is 0 Å².